The van der Waals surface area contributed by atoms with Crippen molar-refractivity contribution in [1.29, 1.82) is 0 Å². The predicted octanol–water partition coefficient (Wildman–Crippen LogP) is 3.28. The van der Waals surface area contributed by atoms with Crippen LogP contribution in [-0.4, -0.2) is 34.9 Å². The lowest BCUT2D eigenvalue weighted by molar-refractivity contribution is -0.202. The molecule has 0 aromatic rings. The van der Waals surface area contributed by atoms with E-state index in [0.29, 0.717) is 11.8 Å². The summed E-state index contributed by atoms with van der Waals surface area (Å²) in [4.78, 5) is 13.9. The Bertz CT molecular complexity index is 574. The van der Waals surface area contributed by atoms with Gasteiger partial charge in [0.05, 0.1) is 0 Å². The summed E-state index contributed by atoms with van der Waals surface area (Å²) in [5.41, 5.74) is -0.596. The number of nitrogens with zero attached hydrogens (tertiary/aromatic N) is 1. The molecule has 3 saturated carbocycles. The van der Waals surface area contributed by atoms with E-state index in [2.05, 4.69) is 13.0 Å². The Morgan fingerprint density at radius 2 is 1.87 bits per heavy atom. The van der Waals surface area contributed by atoms with Crippen LogP contribution in [0.4, 0.5) is 4.39 Å². The van der Waals surface area contributed by atoms with Crippen molar-refractivity contribution in [2.45, 2.75) is 64.3 Å². The first-order chi connectivity index (χ1) is 10.7. The second-order valence-corrected chi connectivity index (χ2v) is 8.87. The molecule has 3 aliphatic carbocycles. The fourth-order valence-corrected chi connectivity index (χ4v) is 6.70. The third kappa shape index (κ3) is 1.82. The molecule has 1 amide bonds. The number of hydrogen-bond acceptors (Lipinski definition) is 2. The molecular formula is C19H28FNO2. The molecule has 0 spiro atoms. The summed E-state index contributed by atoms with van der Waals surface area (Å²) in [6.07, 6.45) is 8.68. The van der Waals surface area contributed by atoms with Gasteiger partial charge >= 0.3 is 0 Å². The van der Waals surface area contributed by atoms with Gasteiger partial charge in [-0.2, -0.15) is 0 Å². The minimum absolute atomic E-state index is 0.00999. The molecule has 1 heterocycles. The predicted molar refractivity (Wildman–Crippen MR) is 86.1 cm³/mol. The highest BCUT2D eigenvalue weighted by atomic mass is 19.2. The highest BCUT2D eigenvalue weighted by Gasteiger charge is 2.65. The van der Waals surface area contributed by atoms with Gasteiger partial charge in [-0.25, -0.2) is 4.39 Å². The van der Waals surface area contributed by atoms with Gasteiger partial charge in [-0.3, -0.25) is 4.79 Å². The lowest BCUT2D eigenvalue weighted by Gasteiger charge is -2.60. The molecular weight excluding hydrogens is 293 g/mol. The van der Waals surface area contributed by atoms with Crippen LogP contribution in [0.3, 0.4) is 0 Å². The number of alkyl halides is 1. The lowest BCUT2D eigenvalue weighted by atomic mass is 9.48. The van der Waals surface area contributed by atoms with Crippen molar-refractivity contribution in [3.8, 4) is 0 Å². The number of likely N-dealkylation sites (N-methyl/N-ethyl adjacent to an activating group) is 1. The van der Waals surface area contributed by atoms with Crippen LogP contribution in [-0.2, 0) is 4.79 Å². The second kappa shape index (κ2) is 4.59. The SMILES string of the molecule is CN1C(=O)C=C[C@@]2(C)C1CC[C@@H]1[C@H]2CC[C@@]2(C)[C@H]1CCC2(O)F. The van der Waals surface area contributed by atoms with E-state index in [1.807, 2.05) is 18.9 Å². The van der Waals surface area contributed by atoms with Crippen molar-refractivity contribution in [3.63, 3.8) is 0 Å². The molecule has 3 fully saturated rings. The topological polar surface area (TPSA) is 40.5 Å². The van der Waals surface area contributed by atoms with Gasteiger partial charge in [-0.05, 0) is 55.9 Å². The molecule has 1 aliphatic heterocycles. The number of aliphatic hydroxyl groups is 1. The molecule has 4 aliphatic rings. The Kier molecular flexibility index (Phi) is 3.12. The van der Waals surface area contributed by atoms with E-state index >= 15 is 0 Å². The van der Waals surface area contributed by atoms with Crippen molar-refractivity contribution in [2.24, 2.45) is 28.6 Å². The zero-order valence-corrected chi connectivity index (χ0v) is 14.4. The molecule has 23 heavy (non-hydrogen) atoms. The van der Waals surface area contributed by atoms with Gasteiger partial charge in [0, 0.05) is 30.3 Å². The van der Waals surface area contributed by atoms with Gasteiger partial charge in [-0.15, -0.1) is 0 Å². The monoisotopic (exact) mass is 321 g/mol. The molecule has 128 valence electrons. The molecule has 4 heteroatoms. The standard InChI is InChI=1S/C19H28FNO2/c1-17-9-8-16(22)21(3)15(17)5-4-12-13(17)6-10-18(2)14(12)7-11-19(18,20)23/h8-9,12-15,23H,4-7,10-11H2,1-3H3/t12-,13-,14+,15?,17-,18+,19?/m1/s1. The summed E-state index contributed by atoms with van der Waals surface area (Å²) in [7, 11) is 1.91. The molecule has 2 unspecified atom stereocenters. The van der Waals surface area contributed by atoms with Gasteiger partial charge in [0.1, 0.15) is 0 Å². The maximum atomic E-state index is 14.7. The Balaban J connectivity index is 1.70. The molecule has 0 aromatic heterocycles. The minimum Gasteiger partial charge on any atom is -0.361 e. The average Bonchev–Trinajstić information content (AvgIpc) is 2.74. The Labute approximate surface area is 137 Å². The summed E-state index contributed by atoms with van der Waals surface area (Å²) < 4.78 is 14.7. The highest BCUT2D eigenvalue weighted by molar-refractivity contribution is 5.89. The first-order valence-electron chi connectivity index (χ1n) is 9.08. The average molecular weight is 321 g/mol. The van der Waals surface area contributed by atoms with Crippen molar-refractivity contribution in [1.82, 2.24) is 4.90 Å². The summed E-state index contributed by atoms with van der Waals surface area (Å²) in [5, 5.41) is 10.3. The molecule has 7 atom stereocenters. The van der Waals surface area contributed by atoms with Crippen molar-refractivity contribution in [3.05, 3.63) is 12.2 Å². The van der Waals surface area contributed by atoms with Gasteiger partial charge in [0.2, 0.25) is 11.8 Å². The fourth-order valence-electron chi connectivity index (χ4n) is 6.70. The molecule has 3 nitrogen and oxygen atoms in total. The van der Waals surface area contributed by atoms with E-state index in [1.165, 1.54) is 0 Å². The summed E-state index contributed by atoms with van der Waals surface area (Å²) >= 11 is 0. The van der Waals surface area contributed by atoms with Crippen molar-refractivity contribution in [2.75, 3.05) is 7.05 Å². The van der Waals surface area contributed by atoms with Crippen LogP contribution < -0.4 is 0 Å². The third-order valence-electron chi connectivity index (χ3n) is 8.18. The number of halogens is 1. The van der Waals surface area contributed by atoms with E-state index in [1.54, 1.807) is 6.08 Å². The Morgan fingerprint density at radius 3 is 2.61 bits per heavy atom. The van der Waals surface area contributed by atoms with Gasteiger partial charge in [0.15, 0.2) is 0 Å². The van der Waals surface area contributed by atoms with Crippen molar-refractivity contribution < 1.29 is 14.3 Å². The number of rotatable bonds is 0. The fraction of sp³-hybridized carbons (Fsp3) is 0.842. The largest absolute Gasteiger partial charge is 0.361 e. The van der Waals surface area contributed by atoms with Crippen LogP contribution in [0.5, 0.6) is 0 Å². The van der Waals surface area contributed by atoms with Crippen molar-refractivity contribution >= 4 is 5.91 Å². The molecule has 1 N–H and O–H groups in total. The molecule has 0 aromatic carbocycles. The van der Waals surface area contributed by atoms with Crippen LogP contribution >= 0.6 is 0 Å². The Hall–Kier alpha value is -0.900. The molecule has 0 saturated heterocycles. The lowest BCUT2D eigenvalue weighted by Crippen LogP contribution is -2.60. The number of carbonyl (C=O) groups is 1. The van der Waals surface area contributed by atoms with E-state index in [4.69, 9.17) is 0 Å². The summed E-state index contributed by atoms with van der Waals surface area (Å²) in [6.45, 7) is 4.24. The zero-order chi connectivity index (χ0) is 16.6. The smallest absolute Gasteiger partial charge is 0.246 e. The summed E-state index contributed by atoms with van der Waals surface area (Å²) in [5.74, 6) is -0.683. The van der Waals surface area contributed by atoms with Gasteiger partial charge in [-0.1, -0.05) is 19.9 Å². The maximum absolute atomic E-state index is 14.7. The molecule has 0 bridgehead atoms. The van der Waals surface area contributed by atoms with Crippen LogP contribution in [0.1, 0.15) is 52.4 Å². The van der Waals surface area contributed by atoms with Crippen LogP contribution in [0.15, 0.2) is 12.2 Å². The van der Waals surface area contributed by atoms with Crippen LogP contribution in [0.25, 0.3) is 0 Å². The number of fused-ring (bicyclic) bond motifs is 5. The number of amides is 1. The van der Waals surface area contributed by atoms with E-state index in [9.17, 15) is 14.3 Å². The quantitative estimate of drug-likeness (QED) is 0.744. The normalized spacial score (nSPS) is 55.3. The highest BCUT2D eigenvalue weighted by Crippen LogP contribution is 2.66. The third-order valence-corrected chi connectivity index (χ3v) is 8.18. The Morgan fingerprint density at radius 1 is 1.17 bits per heavy atom. The number of carbonyl (C=O) groups excluding carboxylic acids is 1. The van der Waals surface area contributed by atoms with Crippen LogP contribution in [0, 0.1) is 28.6 Å². The van der Waals surface area contributed by atoms with E-state index in [-0.39, 0.29) is 29.7 Å². The first kappa shape index (κ1) is 15.6. The maximum Gasteiger partial charge on any atom is 0.246 e. The van der Waals surface area contributed by atoms with Gasteiger partial charge in [0.25, 0.3) is 0 Å². The minimum atomic E-state index is -2.00. The van der Waals surface area contributed by atoms with E-state index < -0.39 is 11.3 Å². The summed E-state index contributed by atoms with van der Waals surface area (Å²) in [6, 6.07) is 0.260. The van der Waals surface area contributed by atoms with E-state index in [0.717, 1.165) is 32.1 Å². The zero-order valence-electron chi connectivity index (χ0n) is 14.4. The second-order valence-electron chi connectivity index (χ2n) is 8.87. The molecule has 4 rings (SSSR count). The number of hydrogen-bond donors (Lipinski definition) is 1. The van der Waals surface area contributed by atoms with Gasteiger partial charge < -0.3 is 10.0 Å². The van der Waals surface area contributed by atoms with Crippen LogP contribution in [0.2, 0.25) is 0 Å². The first-order valence-corrected chi connectivity index (χ1v) is 9.08. The molecule has 0 radical (unpaired) electrons.